The highest BCUT2D eigenvalue weighted by atomic mass is 35.5. The van der Waals surface area contributed by atoms with Crippen LogP contribution in [0.25, 0.3) is 0 Å². The van der Waals surface area contributed by atoms with E-state index in [1.807, 2.05) is 0 Å². The second-order valence-electron chi connectivity index (χ2n) is 3.41. The maximum absolute atomic E-state index is 13.0. The molecule has 1 amide bonds. The second kappa shape index (κ2) is 3.83. The van der Waals surface area contributed by atoms with Crippen LogP contribution in [0.2, 0.25) is 5.02 Å². The van der Waals surface area contributed by atoms with E-state index in [1.165, 1.54) is 0 Å². The minimum atomic E-state index is -1.11. The van der Waals surface area contributed by atoms with Crippen molar-refractivity contribution in [2.24, 2.45) is 0 Å². The summed E-state index contributed by atoms with van der Waals surface area (Å²) in [5.74, 6) is -2.93. The van der Waals surface area contributed by atoms with Gasteiger partial charge in [-0.1, -0.05) is 11.6 Å². The van der Waals surface area contributed by atoms with Crippen molar-refractivity contribution < 1.29 is 18.4 Å². The minimum absolute atomic E-state index is 0.0245. The van der Waals surface area contributed by atoms with Crippen LogP contribution in [0.4, 0.5) is 14.5 Å². The van der Waals surface area contributed by atoms with Crippen LogP contribution in [0.1, 0.15) is 6.42 Å². The zero-order valence-corrected chi connectivity index (χ0v) is 8.72. The summed E-state index contributed by atoms with van der Waals surface area (Å²) in [7, 11) is 0. The molecule has 1 aliphatic heterocycles. The molecule has 0 aromatic heterocycles. The van der Waals surface area contributed by atoms with E-state index in [0.717, 1.165) is 17.0 Å². The number of halogens is 3. The quantitative estimate of drug-likeness (QED) is 0.560. The Morgan fingerprint density at radius 3 is 2.38 bits per heavy atom. The third kappa shape index (κ3) is 1.78. The first-order chi connectivity index (χ1) is 7.49. The number of rotatable bonds is 1. The molecule has 84 valence electrons. The highest BCUT2D eigenvalue weighted by molar-refractivity contribution is 6.34. The Labute approximate surface area is 94.6 Å². The molecule has 3 nitrogen and oxygen atoms in total. The molecule has 6 heteroatoms. The summed E-state index contributed by atoms with van der Waals surface area (Å²) in [6, 6.07) is 1.59. The summed E-state index contributed by atoms with van der Waals surface area (Å²) < 4.78 is 25.8. The third-order valence-corrected chi connectivity index (χ3v) is 2.57. The molecule has 0 radical (unpaired) electrons. The van der Waals surface area contributed by atoms with E-state index in [2.05, 4.69) is 0 Å². The summed E-state index contributed by atoms with van der Waals surface area (Å²) in [6.07, 6.45) is -0.227. The number of hydrogen-bond acceptors (Lipinski definition) is 2. The van der Waals surface area contributed by atoms with Gasteiger partial charge in [-0.25, -0.2) is 8.78 Å². The summed E-state index contributed by atoms with van der Waals surface area (Å²) in [5, 5.41) is -0.0954. The molecule has 2 rings (SSSR count). The average Bonchev–Trinajstić information content (AvgIpc) is 2.51. The fraction of sp³-hybridized carbons (Fsp3) is 0.200. The van der Waals surface area contributed by atoms with Crippen LogP contribution >= 0.6 is 11.6 Å². The number of Topliss-reactive ketones (excluding diaryl/α,β-unsaturated/α-hetero) is 1. The second-order valence-corrected chi connectivity index (χ2v) is 3.82. The minimum Gasteiger partial charge on any atom is -0.303 e. The third-order valence-electron chi connectivity index (χ3n) is 2.26. The van der Waals surface area contributed by atoms with Crippen molar-refractivity contribution in [3.05, 3.63) is 28.8 Å². The predicted octanol–water partition coefficient (Wildman–Crippen LogP) is 1.92. The summed E-state index contributed by atoms with van der Waals surface area (Å²) in [5.41, 5.74) is 0.0245. The summed E-state index contributed by atoms with van der Waals surface area (Å²) in [4.78, 5) is 23.4. The van der Waals surface area contributed by atoms with Crippen LogP contribution in [0.5, 0.6) is 0 Å². The van der Waals surface area contributed by atoms with Crippen molar-refractivity contribution in [3.8, 4) is 0 Å². The topological polar surface area (TPSA) is 37.4 Å². The van der Waals surface area contributed by atoms with Gasteiger partial charge in [0.05, 0.1) is 23.7 Å². The SMILES string of the molecule is O=C1CC(=O)N(c2cc(F)c(F)cc2Cl)C1. The Hall–Kier alpha value is -1.49. The zero-order chi connectivity index (χ0) is 11.9. The lowest BCUT2D eigenvalue weighted by Gasteiger charge is -2.16. The number of carbonyl (C=O) groups excluding carboxylic acids is 2. The van der Waals surface area contributed by atoms with E-state index in [9.17, 15) is 18.4 Å². The van der Waals surface area contributed by atoms with Crippen LogP contribution in [0.15, 0.2) is 12.1 Å². The van der Waals surface area contributed by atoms with Crippen LogP contribution in [-0.4, -0.2) is 18.2 Å². The molecule has 0 spiro atoms. The zero-order valence-electron chi connectivity index (χ0n) is 7.97. The van der Waals surface area contributed by atoms with Gasteiger partial charge in [0.1, 0.15) is 0 Å². The number of anilines is 1. The molecule has 0 aliphatic carbocycles. The van der Waals surface area contributed by atoms with Crippen LogP contribution in [-0.2, 0) is 9.59 Å². The molecule has 1 aliphatic rings. The summed E-state index contributed by atoms with van der Waals surface area (Å²) >= 11 is 5.68. The maximum Gasteiger partial charge on any atom is 0.234 e. The molecule has 0 unspecified atom stereocenters. The molecule has 1 fully saturated rings. The number of ketones is 1. The first-order valence-corrected chi connectivity index (χ1v) is 4.83. The monoisotopic (exact) mass is 245 g/mol. The molecule has 0 atom stereocenters. The van der Waals surface area contributed by atoms with Crippen molar-refractivity contribution >= 4 is 29.0 Å². The van der Waals surface area contributed by atoms with Gasteiger partial charge >= 0.3 is 0 Å². The van der Waals surface area contributed by atoms with Crippen molar-refractivity contribution in [1.29, 1.82) is 0 Å². The van der Waals surface area contributed by atoms with E-state index in [4.69, 9.17) is 11.6 Å². The maximum atomic E-state index is 13.0. The standard InChI is InChI=1S/C10H6ClF2NO2/c11-6-2-7(12)8(13)3-9(6)14-4-5(15)1-10(14)16/h2-3H,1,4H2. The molecule has 0 bridgehead atoms. The van der Waals surface area contributed by atoms with E-state index < -0.39 is 17.5 Å². The van der Waals surface area contributed by atoms with E-state index in [1.54, 1.807) is 0 Å². The lowest BCUT2D eigenvalue weighted by molar-refractivity contribution is -0.121. The first kappa shape index (κ1) is 11.0. The van der Waals surface area contributed by atoms with Gasteiger partial charge < -0.3 is 4.90 Å². The molecular formula is C10H6ClF2NO2. The van der Waals surface area contributed by atoms with Crippen LogP contribution in [0.3, 0.4) is 0 Å². The van der Waals surface area contributed by atoms with E-state index in [-0.39, 0.29) is 29.5 Å². The van der Waals surface area contributed by atoms with Crippen LogP contribution in [0, 0.1) is 11.6 Å². The van der Waals surface area contributed by atoms with Gasteiger partial charge in [0.25, 0.3) is 0 Å². The molecule has 1 aromatic rings. The van der Waals surface area contributed by atoms with Gasteiger partial charge in [0.2, 0.25) is 5.91 Å². The Bertz CT molecular complexity index is 490. The number of carbonyl (C=O) groups is 2. The van der Waals surface area contributed by atoms with Gasteiger partial charge in [-0.3, -0.25) is 9.59 Å². The molecule has 1 heterocycles. The largest absolute Gasteiger partial charge is 0.303 e. The Morgan fingerprint density at radius 2 is 1.81 bits per heavy atom. The van der Waals surface area contributed by atoms with Gasteiger partial charge in [0, 0.05) is 6.07 Å². The highest BCUT2D eigenvalue weighted by Gasteiger charge is 2.30. The van der Waals surface area contributed by atoms with Crippen molar-refractivity contribution in [2.75, 3.05) is 11.4 Å². The molecule has 0 N–H and O–H groups in total. The number of benzene rings is 1. The molecule has 1 aromatic carbocycles. The van der Waals surface area contributed by atoms with Gasteiger partial charge in [0.15, 0.2) is 17.4 Å². The Morgan fingerprint density at radius 1 is 1.19 bits per heavy atom. The van der Waals surface area contributed by atoms with Gasteiger partial charge in [-0.15, -0.1) is 0 Å². The smallest absolute Gasteiger partial charge is 0.234 e. The van der Waals surface area contributed by atoms with Gasteiger partial charge in [-0.05, 0) is 6.07 Å². The fourth-order valence-electron chi connectivity index (χ4n) is 1.52. The number of amides is 1. The van der Waals surface area contributed by atoms with Crippen molar-refractivity contribution in [2.45, 2.75) is 6.42 Å². The fourth-order valence-corrected chi connectivity index (χ4v) is 1.78. The first-order valence-electron chi connectivity index (χ1n) is 4.45. The Kier molecular flexibility index (Phi) is 2.63. The average molecular weight is 246 g/mol. The number of hydrogen-bond donors (Lipinski definition) is 0. The van der Waals surface area contributed by atoms with Crippen molar-refractivity contribution in [3.63, 3.8) is 0 Å². The molecule has 1 saturated heterocycles. The van der Waals surface area contributed by atoms with Gasteiger partial charge in [-0.2, -0.15) is 0 Å². The predicted molar refractivity (Wildman–Crippen MR) is 53.3 cm³/mol. The molecule has 16 heavy (non-hydrogen) atoms. The highest BCUT2D eigenvalue weighted by Crippen LogP contribution is 2.30. The molecular weight excluding hydrogens is 240 g/mol. The number of nitrogens with zero attached hydrogens (tertiary/aromatic N) is 1. The van der Waals surface area contributed by atoms with Crippen LogP contribution < -0.4 is 4.90 Å². The van der Waals surface area contributed by atoms with E-state index in [0.29, 0.717) is 0 Å². The Balaban J connectivity index is 2.45. The molecule has 0 saturated carbocycles. The normalized spacial score (nSPS) is 16.1. The summed E-state index contributed by atoms with van der Waals surface area (Å²) in [6.45, 7) is -0.149. The van der Waals surface area contributed by atoms with E-state index >= 15 is 0 Å². The lowest BCUT2D eigenvalue weighted by Crippen LogP contribution is -2.25. The lowest BCUT2D eigenvalue weighted by atomic mass is 10.2. The van der Waals surface area contributed by atoms with Crippen molar-refractivity contribution in [1.82, 2.24) is 0 Å².